The molecule has 0 bridgehead atoms. The Morgan fingerprint density at radius 1 is 0.902 bits per heavy atom. The first-order valence-electron chi connectivity index (χ1n) is 13.3. The first kappa shape index (κ1) is 25.3. The summed E-state index contributed by atoms with van der Waals surface area (Å²) in [7, 11) is 3.22. The lowest BCUT2D eigenvalue weighted by Gasteiger charge is -2.49. The van der Waals surface area contributed by atoms with Crippen LogP contribution in [0.5, 0.6) is 17.2 Å². The molecule has 1 amide bonds. The van der Waals surface area contributed by atoms with E-state index in [9.17, 15) is 4.79 Å². The highest BCUT2D eigenvalue weighted by atomic mass is 32.2. The zero-order chi connectivity index (χ0) is 28.0. The highest BCUT2D eigenvalue weighted by molar-refractivity contribution is 8.17. The maximum Gasteiger partial charge on any atom is 0.321 e. The van der Waals surface area contributed by atoms with E-state index in [2.05, 4.69) is 18.2 Å². The van der Waals surface area contributed by atoms with E-state index in [0.29, 0.717) is 22.8 Å². The van der Waals surface area contributed by atoms with E-state index < -0.39 is 5.85 Å². The molecular formula is C33H27N3O4S. The molecule has 4 aromatic carbocycles. The number of carbonyl (C=O) groups is 1. The van der Waals surface area contributed by atoms with Crippen molar-refractivity contribution in [1.29, 1.82) is 0 Å². The van der Waals surface area contributed by atoms with Gasteiger partial charge in [-0.3, -0.25) is 4.79 Å². The molecule has 0 radical (unpaired) electrons. The van der Waals surface area contributed by atoms with Crippen LogP contribution in [0, 0.1) is 0 Å². The number of amides is 1. The van der Waals surface area contributed by atoms with Gasteiger partial charge in [-0.05, 0) is 59.3 Å². The maximum absolute atomic E-state index is 14.0. The van der Waals surface area contributed by atoms with Gasteiger partial charge >= 0.3 is 5.85 Å². The van der Waals surface area contributed by atoms with Gasteiger partial charge in [0.1, 0.15) is 5.75 Å². The summed E-state index contributed by atoms with van der Waals surface area (Å²) < 4.78 is 18.0. The third kappa shape index (κ3) is 4.05. The minimum atomic E-state index is -1.34. The van der Waals surface area contributed by atoms with Crippen molar-refractivity contribution in [3.63, 3.8) is 0 Å². The zero-order valence-corrected chi connectivity index (χ0v) is 23.4. The Morgan fingerprint density at radius 3 is 2.37 bits per heavy atom. The molecule has 3 aliphatic heterocycles. The highest BCUT2D eigenvalue weighted by Gasteiger charge is 2.63. The maximum atomic E-state index is 14.0. The van der Waals surface area contributed by atoms with Crippen LogP contribution in [0.4, 0.5) is 10.5 Å². The van der Waals surface area contributed by atoms with Crippen molar-refractivity contribution in [2.75, 3.05) is 19.1 Å². The third-order valence-electron chi connectivity index (χ3n) is 7.58. The van der Waals surface area contributed by atoms with E-state index in [1.54, 1.807) is 19.1 Å². The highest BCUT2D eigenvalue weighted by Crippen LogP contribution is 2.57. The predicted octanol–water partition coefficient (Wildman–Crippen LogP) is 7.32. The number of fused-ring (bicyclic) bond motifs is 4. The summed E-state index contributed by atoms with van der Waals surface area (Å²) in [6, 6.07) is 33.4. The number of thioether (sulfide) groups is 1. The minimum Gasteiger partial charge on any atom is -0.493 e. The molecule has 4 aromatic rings. The van der Waals surface area contributed by atoms with Crippen LogP contribution in [-0.2, 0) is 0 Å². The number of hydrogen-bond acceptors (Lipinski definition) is 7. The molecule has 0 aliphatic carbocycles. The number of rotatable bonds is 5. The molecule has 3 aliphatic rings. The van der Waals surface area contributed by atoms with Crippen LogP contribution < -0.4 is 19.1 Å². The molecule has 204 valence electrons. The Hall–Kier alpha value is -4.69. The molecule has 2 atom stereocenters. The van der Waals surface area contributed by atoms with Crippen molar-refractivity contribution in [3.05, 3.63) is 125 Å². The van der Waals surface area contributed by atoms with Gasteiger partial charge < -0.3 is 14.2 Å². The van der Waals surface area contributed by atoms with Crippen molar-refractivity contribution in [2.24, 2.45) is 5.10 Å². The summed E-state index contributed by atoms with van der Waals surface area (Å²) in [5, 5.41) is 7.04. The van der Waals surface area contributed by atoms with E-state index in [-0.39, 0.29) is 11.3 Å². The number of methoxy groups -OCH3 is 2. The molecule has 41 heavy (non-hydrogen) atoms. The Morgan fingerprint density at radius 2 is 1.61 bits per heavy atom. The molecule has 8 heteroatoms. The topological polar surface area (TPSA) is 63.6 Å². The summed E-state index contributed by atoms with van der Waals surface area (Å²) in [5.41, 5.74) is 4.59. The van der Waals surface area contributed by atoms with Gasteiger partial charge in [0.05, 0.1) is 36.6 Å². The van der Waals surface area contributed by atoms with Gasteiger partial charge in [-0.1, -0.05) is 72.8 Å². The number of ether oxygens (including phenoxy) is 3. The second kappa shape index (κ2) is 10.1. The molecule has 1 spiro atoms. The Labute approximate surface area is 242 Å². The molecule has 7 nitrogen and oxygen atoms in total. The Balaban J connectivity index is 1.47. The fourth-order valence-electron chi connectivity index (χ4n) is 5.71. The van der Waals surface area contributed by atoms with E-state index in [0.717, 1.165) is 45.6 Å². The molecule has 0 N–H and O–H groups in total. The second-order valence-corrected chi connectivity index (χ2v) is 10.9. The summed E-state index contributed by atoms with van der Waals surface area (Å²) in [6.07, 6.45) is 2.66. The molecule has 7 rings (SSSR count). The third-order valence-corrected chi connectivity index (χ3v) is 8.54. The molecule has 3 heterocycles. The zero-order valence-electron chi connectivity index (χ0n) is 22.6. The van der Waals surface area contributed by atoms with Crippen LogP contribution in [0.25, 0.3) is 6.08 Å². The van der Waals surface area contributed by atoms with Crippen LogP contribution >= 0.6 is 11.8 Å². The lowest BCUT2D eigenvalue weighted by atomic mass is 9.95. The van der Waals surface area contributed by atoms with Gasteiger partial charge in [-0.25, -0.2) is 9.91 Å². The Kier molecular flexibility index (Phi) is 6.20. The van der Waals surface area contributed by atoms with Crippen LogP contribution in [-0.4, -0.2) is 36.0 Å². The van der Waals surface area contributed by atoms with E-state index >= 15 is 0 Å². The number of benzene rings is 4. The normalized spacial score (nSPS) is 21.9. The quantitative estimate of drug-likeness (QED) is 0.255. The summed E-state index contributed by atoms with van der Waals surface area (Å²) in [5.74, 6) is 0.618. The molecule has 1 fully saturated rings. The average molecular weight is 562 g/mol. The number of nitrogens with zero attached hydrogens (tertiary/aromatic N) is 3. The first-order chi connectivity index (χ1) is 20.1. The fourth-order valence-corrected chi connectivity index (χ4v) is 6.78. The summed E-state index contributed by atoms with van der Waals surface area (Å²) in [4.78, 5) is 16.4. The van der Waals surface area contributed by atoms with Crippen molar-refractivity contribution in [2.45, 2.75) is 18.3 Å². The number of para-hydroxylation sites is 2. The Bertz CT molecular complexity index is 1690. The number of carbonyl (C=O) groups excluding carboxylic acids is 1. The minimum absolute atomic E-state index is 0.137. The fraction of sp³-hybridized carbons (Fsp3) is 0.152. The van der Waals surface area contributed by atoms with E-state index in [1.807, 2.05) is 96.0 Å². The van der Waals surface area contributed by atoms with Crippen LogP contribution in [0.2, 0.25) is 0 Å². The van der Waals surface area contributed by atoms with Crippen molar-refractivity contribution in [3.8, 4) is 17.2 Å². The summed E-state index contributed by atoms with van der Waals surface area (Å²) in [6.45, 7) is 0. The average Bonchev–Trinajstić information content (AvgIpc) is 3.58. The molecule has 0 aromatic heterocycles. The van der Waals surface area contributed by atoms with Gasteiger partial charge in [0.15, 0.2) is 11.5 Å². The summed E-state index contributed by atoms with van der Waals surface area (Å²) >= 11 is 1.15. The van der Waals surface area contributed by atoms with Gasteiger partial charge in [0.25, 0.3) is 5.24 Å². The lowest BCUT2D eigenvalue weighted by molar-refractivity contribution is -0.0763. The number of hydrazone groups is 1. The van der Waals surface area contributed by atoms with Crippen molar-refractivity contribution < 1.29 is 19.0 Å². The SMILES string of the molecule is COc1ccc(/C=C2\SC(=O)N(c3ccccc3)C23Oc2ccccc2C2CC(c4ccccc4)=NN23)cc1OC. The molecular weight excluding hydrogens is 534 g/mol. The first-order valence-corrected chi connectivity index (χ1v) is 14.2. The van der Waals surface area contributed by atoms with Gasteiger partial charge in [-0.15, -0.1) is 0 Å². The monoisotopic (exact) mass is 561 g/mol. The van der Waals surface area contributed by atoms with Gasteiger partial charge in [0, 0.05) is 12.0 Å². The van der Waals surface area contributed by atoms with Crippen LogP contribution in [0.3, 0.4) is 0 Å². The number of hydrogen-bond donors (Lipinski definition) is 0. The standard InChI is InChI=1S/C33H27N3O4S/c1-38-29-18-17-22(19-30(29)39-2)20-31-33(35(32(37)41-31)24-13-7-4-8-14-24)36-27(25-15-9-10-16-28(25)40-33)21-26(34-36)23-11-5-3-6-12-23/h3-20,27H,21H2,1-2H3/b31-20-. The molecule has 0 saturated carbocycles. The molecule has 2 unspecified atom stereocenters. The molecule has 1 saturated heterocycles. The lowest BCUT2D eigenvalue weighted by Crippen LogP contribution is -2.63. The largest absolute Gasteiger partial charge is 0.493 e. The van der Waals surface area contributed by atoms with Crippen LogP contribution in [0.15, 0.2) is 113 Å². The predicted molar refractivity (Wildman–Crippen MR) is 161 cm³/mol. The van der Waals surface area contributed by atoms with Crippen molar-refractivity contribution in [1.82, 2.24) is 5.01 Å². The van der Waals surface area contributed by atoms with Gasteiger partial charge in [0.2, 0.25) is 0 Å². The van der Waals surface area contributed by atoms with E-state index in [4.69, 9.17) is 19.3 Å². The van der Waals surface area contributed by atoms with E-state index in [1.165, 1.54) is 0 Å². The number of anilines is 1. The van der Waals surface area contributed by atoms with Crippen LogP contribution in [0.1, 0.15) is 29.2 Å². The van der Waals surface area contributed by atoms with Crippen molar-refractivity contribution >= 4 is 34.5 Å². The van der Waals surface area contributed by atoms with Gasteiger partial charge in [-0.2, -0.15) is 5.10 Å². The smallest absolute Gasteiger partial charge is 0.321 e. The second-order valence-electron chi connectivity index (χ2n) is 9.89.